The fourth-order valence-electron chi connectivity index (χ4n) is 1.90. The number of nitrogens with zero attached hydrogens (tertiary/aromatic N) is 2. The number of carbonyl (C=O) groups excluding carboxylic acids is 1. The molecule has 0 bridgehead atoms. The van der Waals surface area contributed by atoms with Crippen LogP contribution in [0.4, 0.5) is 11.4 Å². The third-order valence-corrected chi connectivity index (χ3v) is 3.43. The number of benzene rings is 1. The number of anilines is 2. The Balaban J connectivity index is 2.00. The van der Waals surface area contributed by atoms with E-state index in [9.17, 15) is 4.79 Å². The molecule has 0 aliphatic carbocycles. The standard InChI is InChI=1S/C15H19ClN4O/c1-4-20-9-13(8-17-20)18-11(3)15(21)19-14-7-12(16)6-5-10(14)2/h5-9,11,18H,4H2,1-3H3,(H,19,21)/t11-/m1/s1. The summed E-state index contributed by atoms with van der Waals surface area (Å²) in [6.45, 7) is 6.53. The zero-order valence-electron chi connectivity index (χ0n) is 12.4. The molecule has 0 radical (unpaired) electrons. The third kappa shape index (κ3) is 3.98. The number of amides is 1. The summed E-state index contributed by atoms with van der Waals surface area (Å²) in [7, 11) is 0. The molecule has 0 spiro atoms. The van der Waals surface area contributed by atoms with Gasteiger partial charge in [-0.15, -0.1) is 0 Å². The first kappa shape index (κ1) is 15.4. The summed E-state index contributed by atoms with van der Waals surface area (Å²) in [6.07, 6.45) is 3.58. The minimum absolute atomic E-state index is 0.121. The minimum Gasteiger partial charge on any atom is -0.371 e. The fraction of sp³-hybridized carbons (Fsp3) is 0.333. The molecule has 112 valence electrons. The van der Waals surface area contributed by atoms with E-state index < -0.39 is 0 Å². The molecule has 1 atom stereocenters. The van der Waals surface area contributed by atoms with Gasteiger partial charge in [-0.05, 0) is 38.5 Å². The van der Waals surface area contributed by atoms with Crippen LogP contribution in [-0.4, -0.2) is 21.7 Å². The van der Waals surface area contributed by atoms with E-state index in [2.05, 4.69) is 15.7 Å². The zero-order valence-corrected chi connectivity index (χ0v) is 13.1. The van der Waals surface area contributed by atoms with Crippen molar-refractivity contribution in [2.75, 3.05) is 10.6 Å². The molecular weight excluding hydrogens is 288 g/mol. The lowest BCUT2D eigenvalue weighted by Crippen LogP contribution is -2.32. The highest BCUT2D eigenvalue weighted by Gasteiger charge is 2.14. The van der Waals surface area contributed by atoms with Crippen LogP contribution in [0.25, 0.3) is 0 Å². The summed E-state index contributed by atoms with van der Waals surface area (Å²) in [5.41, 5.74) is 2.52. The van der Waals surface area contributed by atoms with Crippen LogP contribution in [0.5, 0.6) is 0 Å². The molecule has 1 heterocycles. The average molecular weight is 307 g/mol. The summed E-state index contributed by atoms with van der Waals surface area (Å²) in [5, 5.41) is 10.8. The van der Waals surface area contributed by atoms with Crippen LogP contribution in [0.1, 0.15) is 19.4 Å². The van der Waals surface area contributed by atoms with Crippen molar-refractivity contribution in [2.24, 2.45) is 0 Å². The number of aromatic nitrogens is 2. The Kier molecular flexibility index (Phi) is 4.85. The van der Waals surface area contributed by atoms with Gasteiger partial charge in [0.05, 0.1) is 11.9 Å². The van der Waals surface area contributed by atoms with Crippen molar-refractivity contribution >= 4 is 28.9 Å². The van der Waals surface area contributed by atoms with Crippen molar-refractivity contribution in [1.82, 2.24) is 9.78 Å². The van der Waals surface area contributed by atoms with Gasteiger partial charge < -0.3 is 10.6 Å². The molecule has 6 heteroatoms. The Hall–Kier alpha value is -2.01. The van der Waals surface area contributed by atoms with Gasteiger partial charge in [-0.25, -0.2) is 0 Å². The second kappa shape index (κ2) is 6.63. The molecule has 0 saturated carbocycles. The van der Waals surface area contributed by atoms with Crippen molar-refractivity contribution in [2.45, 2.75) is 33.4 Å². The van der Waals surface area contributed by atoms with Gasteiger partial charge in [0, 0.05) is 23.5 Å². The minimum atomic E-state index is -0.377. The Morgan fingerprint density at radius 3 is 2.90 bits per heavy atom. The number of aryl methyl sites for hydroxylation is 2. The molecule has 0 aliphatic heterocycles. The van der Waals surface area contributed by atoms with Gasteiger partial charge in [0.25, 0.3) is 0 Å². The molecule has 1 aromatic carbocycles. The van der Waals surface area contributed by atoms with Gasteiger partial charge in [-0.2, -0.15) is 5.10 Å². The second-order valence-electron chi connectivity index (χ2n) is 4.90. The van der Waals surface area contributed by atoms with Gasteiger partial charge in [-0.3, -0.25) is 9.48 Å². The highest BCUT2D eigenvalue weighted by molar-refractivity contribution is 6.31. The highest BCUT2D eigenvalue weighted by Crippen LogP contribution is 2.20. The topological polar surface area (TPSA) is 59.0 Å². The molecule has 0 fully saturated rings. The maximum atomic E-state index is 12.2. The van der Waals surface area contributed by atoms with Crippen molar-refractivity contribution in [3.05, 3.63) is 41.2 Å². The van der Waals surface area contributed by atoms with E-state index in [0.717, 1.165) is 23.5 Å². The van der Waals surface area contributed by atoms with E-state index in [1.165, 1.54) is 0 Å². The molecule has 1 aromatic heterocycles. The first-order chi connectivity index (χ1) is 9.99. The Morgan fingerprint density at radius 1 is 1.48 bits per heavy atom. The lowest BCUT2D eigenvalue weighted by Gasteiger charge is -2.15. The molecule has 2 rings (SSSR count). The van der Waals surface area contributed by atoms with Crippen LogP contribution in [-0.2, 0) is 11.3 Å². The van der Waals surface area contributed by atoms with Crippen LogP contribution in [0.15, 0.2) is 30.6 Å². The van der Waals surface area contributed by atoms with Crippen molar-refractivity contribution in [3.8, 4) is 0 Å². The fourth-order valence-corrected chi connectivity index (χ4v) is 2.07. The van der Waals surface area contributed by atoms with E-state index in [-0.39, 0.29) is 11.9 Å². The Bertz CT molecular complexity index is 638. The first-order valence-electron chi connectivity index (χ1n) is 6.85. The molecule has 0 saturated heterocycles. The molecular formula is C15H19ClN4O. The third-order valence-electron chi connectivity index (χ3n) is 3.19. The number of hydrogen-bond donors (Lipinski definition) is 2. The normalized spacial score (nSPS) is 12.0. The lowest BCUT2D eigenvalue weighted by molar-refractivity contribution is -0.116. The molecule has 0 unspecified atom stereocenters. The summed E-state index contributed by atoms with van der Waals surface area (Å²) in [4.78, 5) is 12.2. The van der Waals surface area contributed by atoms with Gasteiger partial charge >= 0.3 is 0 Å². The number of halogens is 1. The quantitative estimate of drug-likeness (QED) is 0.891. The lowest BCUT2D eigenvalue weighted by atomic mass is 10.2. The van der Waals surface area contributed by atoms with Crippen LogP contribution < -0.4 is 10.6 Å². The van der Waals surface area contributed by atoms with Crippen LogP contribution in [0.3, 0.4) is 0 Å². The van der Waals surface area contributed by atoms with Crippen LogP contribution in [0, 0.1) is 6.92 Å². The Morgan fingerprint density at radius 2 is 2.24 bits per heavy atom. The van der Waals surface area contributed by atoms with Crippen molar-refractivity contribution in [3.63, 3.8) is 0 Å². The maximum Gasteiger partial charge on any atom is 0.246 e. The smallest absolute Gasteiger partial charge is 0.246 e. The summed E-state index contributed by atoms with van der Waals surface area (Å²) in [6, 6.07) is 5.04. The SMILES string of the molecule is CCn1cc(N[C@H](C)C(=O)Nc2cc(Cl)ccc2C)cn1. The van der Waals surface area contributed by atoms with Gasteiger partial charge in [0.15, 0.2) is 0 Å². The molecule has 5 nitrogen and oxygen atoms in total. The zero-order chi connectivity index (χ0) is 15.4. The van der Waals surface area contributed by atoms with E-state index >= 15 is 0 Å². The largest absolute Gasteiger partial charge is 0.371 e. The summed E-state index contributed by atoms with van der Waals surface area (Å²) < 4.78 is 1.80. The number of rotatable bonds is 5. The second-order valence-corrected chi connectivity index (χ2v) is 5.34. The Labute approximate surface area is 129 Å². The van der Waals surface area contributed by atoms with Crippen molar-refractivity contribution in [1.29, 1.82) is 0 Å². The first-order valence-corrected chi connectivity index (χ1v) is 7.23. The summed E-state index contributed by atoms with van der Waals surface area (Å²) in [5.74, 6) is -0.121. The number of nitrogens with one attached hydrogen (secondary N) is 2. The van der Waals surface area contributed by atoms with Gasteiger partial charge in [0.2, 0.25) is 5.91 Å². The van der Waals surface area contributed by atoms with Crippen LogP contribution >= 0.6 is 11.6 Å². The van der Waals surface area contributed by atoms with E-state index in [0.29, 0.717) is 5.02 Å². The predicted molar refractivity (Wildman–Crippen MR) is 85.8 cm³/mol. The molecule has 21 heavy (non-hydrogen) atoms. The predicted octanol–water partition coefficient (Wildman–Crippen LogP) is 3.30. The van der Waals surface area contributed by atoms with E-state index in [1.54, 1.807) is 29.9 Å². The van der Waals surface area contributed by atoms with Gasteiger partial charge in [-0.1, -0.05) is 17.7 Å². The van der Waals surface area contributed by atoms with Crippen molar-refractivity contribution < 1.29 is 4.79 Å². The van der Waals surface area contributed by atoms with Crippen LogP contribution in [0.2, 0.25) is 5.02 Å². The monoisotopic (exact) mass is 306 g/mol. The van der Waals surface area contributed by atoms with Gasteiger partial charge in [0.1, 0.15) is 6.04 Å². The number of hydrogen-bond acceptors (Lipinski definition) is 3. The highest BCUT2D eigenvalue weighted by atomic mass is 35.5. The van der Waals surface area contributed by atoms with E-state index in [4.69, 9.17) is 11.6 Å². The molecule has 0 aliphatic rings. The summed E-state index contributed by atoms with van der Waals surface area (Å²) >= 11 is 5.95. The molecule has 1 amide bonds. The molecule has 2 aromatic rings. The average Bonchev–Trinajstić information content (AvgIpc) is 2.90. The van der Waals surface area contributed by atoms with E-state index in [1.807, 2.05) is 26.1 Å². The maximum absolute atomic E-state index is 12.2. The number of carbonyl (C=O) groups is 1. The molecule has 2 N–H and O–H groups in total.